The Morgan fingerprint density at radius 2 is 1.79 bits per heavy atom. The lowest BCUT2D eigenvalue weighted by Crippen LogP contribution is -2.41. The minimum atomic E-state index is -0.949. The number of nitrogens with zero attached hydrogens (tertiary/aromatic N) is 1. The predicted octanol–water partition coefficient (Wildman–Crippen LogP) is 2.45. The molecule has 1 heterocycles. The van der Waals surface area contributed by atoms with Crippen LogP contribution in [0.1, 0.15) is 48.5 Å². The molecular formula is C18H27N3O3. The Hall–Kier alpha value is -2.08. The van der Waals surface area contributed by atoms with Crippen LogP contribution in [0.25, 0.3) is 0 Å². The van der Waals surface area contributed by atoms with Crippen molar-refractivity contribution in [3.8, 4) is 0 Å². The zero-order chi connectivity index (χ0) is 17.4. The molecule has 1 atom stereocenters. The molecule has 1 saturated heterocycles. The number of aromatic carboxylic acids is 1. The number of likely N-dealkylation sites (tertiary alicyclic amines) is 1. The number of carbonyl (C=O) groups is 2. The maximum atomic E-state index is 11.8. The molecule has 1 aromatic rings. The normalized spacial score (nSPS) is 16.4. The van der Waals surface area contributed by atoms with Gasteiger partial charge in [-0.25, -0.2) is 9.59 Å². The maximum absolute atomic E-state index is 11.8. The minimum absolute atomic E-state index is 0.192. The van der Waals surface area contributed by atoms with Crippen LogP contribution in [0.2, 0.25) is 0 Å². The summed E-state index contributed by atoms with van der Waals surface area (Å²) >= 11 is 0. The van der Waals surface area contributed by atoms with E-state index in [9.17, 15) is 9.59 Å². The van der Waals surface area contributed by atoms with E-state index in [2.05, 4.69) is 22.5 Å². The second kappa shape index (κ2) is 9.27. The van der Waals surface area contributed by atoms with Crippen LogP contribution in [0.15, 0.2) is 24.3 Å². The molecular weight excluding hydrogens is 306 g/mol. The summed E-state index contributed by atoms with van der Waals surface area (Å²) in [5.74, 6) is -0.949. The quantitative estimate of drug-likeness (QED) is 0.716. The monoisotopic (exact) mass is 333 g/mol. The SMILES string of the molecule is CC(CCNC(=O)NCc1ccc(C(=O)O)cc1)N1CCCCC1. The van der Waals surface area contributed by atoms with Crippen LogP contribution in [0.4, 0.5) is 4.79 Å². The molecule has 0 radical (unpaired) electrons. The van der Waals surface area contributed by atoms with E-state index >= 15 is 0 Å². The molecule has 3 N–H and O–H groups in total. The highest BCUT2D eigenvalue weighted by Crippen LogP contribution is 2.13. The lowest BCUT2D eigenvalue weighted by Gasteiger charge is -2.32. The molecule has 1 fully saturated rings. The number of benzene rings is 1. The molecule has 0 spiro atoms. The third kappa shape index (κ3) is 5.85. The summed E-state index contributed by atoms with van der Waals surface area (Å²) < 4.78 is 0. The van der Waals surface area contributed by atoms with Gasteiger partial charge < -0.3 is 20.6 Å². The largest absolute Gasteiger partial charge is 0.478 e. The van der Waals surface area contributed by atoms with Gasteiger partial charge in [0.1, 0.15) is 0 Å². The number of urea groups is 1. The zero-order valence-corrected chi connectivity index (χ0v) is 14.3. The van der Waals surface area contributed by atoms with Crippen molar-refractivity contribution >= 4 is 12.0 Å². The number of carboxylic acid groups (broad SMARTS) is 1. The van der Waals surface area contributed by atoms with Crippen molar-refractivity contribution in [1.82, 2.24) is 15.5 Å². The molecule has 0 saturated carbocycles. The van der Waals surface area contributed by atoms with Crippen LogP contribution in [0, 0.1) is 0 Å². The van der Waals surface area contributed by atoms with Crippen molar-refractivity contribution in [3.63, 3.8) is 0 Å². The van der Waals surface area contributed by atoms with Crippen molar-refractivity contribution < 1.29 is 14.7 Å². The summed E-state index contributed by atoms with van der Waals surface area (Å²) in [6.07, 6.45) is 4.83. The van der Waals surface area contributed by atoms with Crippen molar-refractivity contribution in [2.75, 3.05) is 19.6 Å². The molecule has 1 aliphatic rings. The van der Waals surface area contributed by atoms with Crippen LogP contribution >= 0.6 is 0 Å². The Labute approximate surface area is 143 Å². The van der Waals surface area contributed by atoms with Crippen molar-refractivity contribution in [2.45, 2.75) is 45.2 Å². The summed E-state index contributed by atoms with van der Waals surface area (Å²) in [5, 5.41) is 14.5. The highest BCUT2D eigenvalue weighted by molar-refractivity contribution is 5.87. The summed E-state index contributed by atoms with van der Waals surface area (Å²) in [6.45, 7) is 5.59. The zero-order valence-electron chi connectivity index (χ0n) is 14.3. The van der Waals surface area contributed by atoms with Gasteiger partial charge in [-0.1, -0.05) is 18.6 Å². The van der Waals surface area contributed by atoms with Crippen molar-refractivity contribution in [1.29, 1.82) is 0 Å². The Bertz CT molecular complexity index is 539. The third-order valence-electron chi connectivity index (χ3n) is 4.52. The van der Waals surface area contributed by atoms with E-state index in [1.807, 2.05) is 0 Å². The fraction of sp³-hybridized carbons (Fsp3) is 0.556. The Morgan fingerprint density at radius 1 is 1.12 bits per heavy atom. The van der Waals surface area contributed by atoms with Crippen LogP contribution in [-0.4, -0.2) is 47.7 Å². The molecule has 132 valence electrons. The van der Waals surface area contributed by atoms with Crippen LogP contribution in [-0.2, 0) is 6.54 Å². The first-order valence-electron chi connectivity index (χ1n) is 8.64. The van der Waals surface area contributed by atoms with Crippen LogP contribution < -0.4 is 10.6 Å². The molecule has 0 bridgehead atoms. The number of hydrogen-bond acceptors (Lipinski definition) is 3. The van der Waals surface area contributed by atoms with Gasteiger partial charge in [0.2, 0.25) is 0 Å². The van der Waals surface area contributed by atoms with Crippen LogP contribution in [0.5, 0.6) is 0 Å². The van der Waals surface area contributed by atoms with Gasteiger partial charge in [-0.2, -0.15) is 0 Å². The highest BCUT2D eigenvalue weighted by atomic mass is 16.4. The van der Waals surface area contributed by atoms with E-state index < -0.39 is 5.97 Å². The molecule has 2 rings (SSSR count). The smallest absolute Gasteiger partial charge is 0.335 e. The molecule has 2 amide bonds. The van der Waals surface area contributed by atoms with E-state index in [1.165, 1.54) is 44.5 Å². The molecule has 0 aliphatic carbocycles. The Morgan fingerprint density at radius 3 is 2.42 bits per heavy atom. The lowest BCUT2D eigenvalue weighted by molar-refractivity contribution is 0.0697. The molecule has 24 heavy (non-hydrogen) atoms. The average molecular weight is 333 g/mol. The number of hydrogen-bond donors (Lipinski definition) is 3. The highest BCUT2D eigenvalue weighted by Gasteiger charge is 2.16. The van der Waals surface area contributed by atoms with Crippen molar-refractivity contribution in [2.24, 2.45) is 0 Å². The first kappa shape index (κ1) is 18.3. The molecule has 6 heteroatoms. The number of carboxylic acids is 1. The Balaban J connectivity index is 1.63. The number of amides is 2. The number of rotatable bonds is 7. The van der Waals surface area contributed by atoms with E-state index in [-0.39, 0.29) is 11.6 Å². The first-order valence-corrected chi connectivity index (χ1v) is 8.64. The Kier molecular flexibility index (Phi) is 7.06. The van der Waals surface area contributed by atoms with E-state index in [1.54, 1.807) is 12.1 Å². The fourth-order valence-electron chi connectivity index (χ4n) is 2.95. The number of nitrogens with one attached hydrogen (secondary N) is 2. The number of piperidine rings is 1. The van der Waals surface area contributed by atoms with E-state index in [0.717, 1.165) is 12.0 Å². The average Bonchev–Trinajstić information content (AvgIpc) is 2.61. The van der Waals surface area contributed by atoms with E-state index in [0.29, 0.717) is 19.1 Å². The fourth-order valence-corrected chi connectivity index (χ4v) is 2.95. The minimum Gasteiger partial charge on any atom is -0.478 e. The van der Waals surface area contributed by atoms with Gasteiger partial charge in [0.25, 0.3) is 0 Å². The second-order valence-corrected chi connectivity index (χ2v) is 6.35. The van der Waals surface area contributed by atoms with Gasteiger partial charge in [0.15, 0.2) is 0 Å². The van der Waals surface area contributed by atoms with Gasteiger partial charge in [0.05, 0.1) is 5.56 Å². The molecule has 1 aromatic carbocycles. The van der Waals surface area contributed by atoms with Crippen molar-refractivity contribution in [3.05, 3.63) is 35.4 Å². The van der Waals surface area contributed by atoms with Gasteiger partial charge in [0, 0.05) is 19.1 Å². The van der Waals surface area contributed by atoms with E-state index in [4.69, 9.17) is 5.11 Å². The predicted molar refractivity (Wildman–Crippen MR) is 93.1 cm³/mol. The number of carbonyl (C=O) groups excluding carboxylic acids is 1. The summed E-state index contributed by atoms with van der Waals surface area (Å²) in [6, 6.07) is 6.80. The van der Waals surface area contributed by atoms with Gasteiger partial charge in [-0.3, -0.25) is 0 Å². The van der Waals surface area contributed by atoms with Crippen LogP contribution in [0.3, 0.4) is 0 Å². The first-order chi connectivity index (χ1) is 11.6. The summed E-state index contributed by atoms with van der Waals surface area (Å²) in [5.41, 5.74) is 1.12. The topological polar surface area (TPSA) is 81.7 Å². The second-order valence-electron chi connectivity index (χ2n) is 6.35. The van der Waals surface area contributed by atoms with Gasteiger partial charge >= 0.3 is 12.0 Å². The van der Waals surface area contributed by atoms with Gasteiger partial charge in [-0.15, -0.1) is 0 Å². The standard InChI is InChI=1S/C18H27N3O3/c1-14(21-11-3-2-4-12-21)9-10-19-18(24)20-13-15-5-7-16(8-6-15)17(22)23/h5-8,14H,2-4,9-13H2,1H3,(H,22,23)(H2,19,20,24). The summed E-state index contributed by atoms with van der Waals surface area (Å²) in [7, 11) is 0. The maximum Gasteiger partial charge on any atom is 0.335 e. The molecule has 1 unspecified atom stereocenters. The lowest BCUT2D eigenvalue weighted by atomic mass is 10.1. The van der Waals surface area contributed by atoms with Gasteiger partial charge in [-0.05, 0) is 57.0 Å². The summed E-state index contributed by atoms with van der Waals surface area (Å²) in [4.78, 5) is 25.1. The molecule has 0 aromatic heterocycles. The molecule has 1 aliphatic heterocycles. The molecule has 6 nitrogen and oxygen atoms in total. The third-order valence-corrected chi connectivity index (χ3v) is 4.52.